The van der Waals surface area contributed by atoms with Crippen LogP contribution in [0, 0.1) is 0 Å². The number of ether oxygens (including phenoxy) is 1. The van der Waals surface area contributed by atoms with Crippen LogP contribution in [-0.2, 0) is 9.59 Å². The molecule has 0 bridgehead atoms. The number of benzene rings is 4. The number of rotatable bonds is 7. The minimum atomic E-state index is -0.480. The van der Waals surface area contributed by atoms with Crippen molar-refractivity contribution in [1.82, 2.24) is 0 Å². The summed E-state index contributed by atoms with van der Waals surface area (Å²) in [4.78, 5) is 45.2. The molecule has 0 spiro atoms. The van der Waals surface area contributed by atoms with Crippen LogP contribution in [0.3, 0.4) is 0 Å². The summed E-state index contributed by atoms with van der Waals surface area (Å²) in [6, 6.07) is 30.8. The zero-order valence-electron chi connectivity index (χ0n) is 22.7. The summed E-state index contributed by atoms with van der Waals surface area (Å²) >= 11 is 4.87. The Labute approximate surface area is 244 Å². The van der Waals surface area contributed by atoms with Crippen LogP contribution < -0.4 is 4.74 Å². The summed E-state index contributed by atoms with van der Waals surface area (Å²) in [6.07, 6.45) is 0. The zero-order valence-corrected chi connectivity index (χ0v) is 23.4. The number of phenolic OH excluding ortho intramolecular Hbond substituents is 1. The Morgan fingerprint density at radius 2 is 0.927 bits per heavy atom. The van der Waals surface area contributed by atoms with E-state index in [1.165, 1.54) is 12.1 Å². The van der Waals surface area contributed by atoms with E-state index in [1.54, 1.807) is 74.5 Å². The molecule has 1 N–H and O–H groups in total. The topological polar surface area (TPSA) is 97.7 Å². The molecule has 4 aromatic carbocycles. The molecular formula is C34H29ClO6. The van der Waals surface area contributed by atoms with E-state index in [-0.39, 0.29) is 17.3 Å². The maximum atomic E-state index is 12.2. The fourth-order valence-electron chi connectivity index (χ4n) is 2.99. The maximum absolute atomic E-state index is 12.2. The SMILES string of the molecule is C=C(C)C(=O)Cl.C=C(C)C(=O)Oc1ccc(C(=O)c2ccccc2)cc1.O=C(c1ccccc1)c1ccc(O)cc1. The van der Waals surface area contributed by atoms with Crippen molar-refractivity contribution in [3.8, 4) is 11.5 Å². The van der Waals surface area contributed by atoms with Crippen LogP contribution in [0.2, 0.25) is 0 Å². The molecule has 208 valence electrons. The quantitative estimate of drug-likeness (QED) is 0.0822. The molecule has 0 heterocycles. The highest BCUT2D eigenvalue weighted by atomic mass is 35.5. The van der Waals surface area contributed by atoms with Crippen molar-refractivity contribution >= 4 is 34.4 Å². The molecule has 0 unspecified atom stereocenters. The van der Waals surface area contributed by atoms with Gasteiger partial charge < -0.3 is 9.84 Å². The van der Waals surface area contributed by atoms with Gasteiger partial charge in [-0.2, -0.15) is 0 Å². The van der Waals surface area contributed by atoms with Gasteiger partial charge in [0, 0.05) is 33.4 Å². The van der Waals surface area contributed by atoms with Crippen LogP contribution in [0.4, 0.5) is 0 Å². The molecule has 0 aliphatic heterocycles. The first kappa shape index (κ1) is 32.1. The van der Waals surface area contributed by atoms with E-state index < -0.39 is 11.2 Å². The van der Waals surface area contributed by atoms with Crippen LogP contribution in [0.15, 0.2) is 133 Å². The first-order valence-corrected chi connectivity index (χ1v) is 12.7. The predicted octanol–water partition coefficient (Wildman–Crippen LogP) is 7.35. The molecule has 41 heavy (non-hydrogen) atoms. The van der Waals surface area contributed by atoms with Crippen molar-refractivity contribution < 1.29 is 29.0 Å². The Balaban J connectivity index is 0.000000246. The summed E-state index contributed by atoms with van der Waals surface area (Å²) in [5.41, 5.74) is 3.12. The lowest BCUT2D eigenvalue weighted by Gasteiger charge is -2.05. The molecule has 0 aliphatic carbocycles. The summed E-state index contributed by atoms with van der Waals surface area (Å²) in [6.45, 7) is 9.92. The highest BCUT2D eigenvalue weighted by Gasteiger charge is 2.10. The molecular weight excluding hydrogens is 540 g/mol. The van der Waals surface area contributed by atoms with Gasteiger partial charge in [0.15, 0.2) is 11.6 Å². The maximum Gasteiger partial charge on any atom is 0.338 e. The molecule has 0 fully saturated rings. The van der Waals surface area contributed by atoms with E-state index in [9.17, 15) is 19.2 Å². The average Bonchev–Trinajstić information content (AvgIpc) is 2.98. The molecule has 6 nitrogen and oxygen atoms in total. The van der Waals surface area contributed by atoms with Gasteiger partial charge >= 0.3 is 5.97 Å². The van der Waals surface area contributed by atoms with Crippen LogP contribution in [-0.4, -0.2) is 27.9 Å². The van der Waals surface area contributed by atoms with E-state index in [0.29, 0.717) is 39.1 Å². The van der Waals surface area contributed by atoms with Gasteiger partial charge in [-0.25, -0.2) is 4.79 Å². The van der Waals surface area contributed by atoms with Crippen LogP contribution in [0.1, 0.15) is 45.7 Å². The monoisotopic (exact) mass is 568 g/mol. The second-order valence-corrected chi connectivity index (χ2v) is 9.03. The third-order valence-electron chi connectivity index (χ3n) is 5.21. The number of hydrogen-bond acceptors (Lipinski definition) is 6. The van der Waals surface area contributed by atoms with Gasteiger partial charge in [-0.05, 0) is 74.0 Å². The Hall–Kier alpha value is -5.07. The van der Waals surface area contributed by atoms with Crippen molar-refractivity contribution in [2.45, 2.75) is 13.8 Å². The lowest BCUT2D eigenvalue weighted by atomic mass is 10.0. The van der Waals surface area contributed by atoms with Gasteiger partial charge in [-0.15, -0.1) is 0 Å². The number of aromatic hydroxyl groups is 1. The van der Waals surface area contributed by atoms with Gasteiger partial charge in [0.1, 0.15) is 11.5 Å². The standard InChI is InChI=1S/C17H14O3.C13H10O2.C4H5ClO/c1-12(2)17(19)20-15-10-8-14(9-11-15)16(18)13-6-4-3-5-7-13;14-12-8-6-11(7-9-12)13(15)10-4-2-1-3-5-10;1-3(2)4(5)6/h3-11H,1H2,2H3;1-9,14H;1H2,2H3. The van der Waals surface area contributed by atoms with Gasteiger partial charge in [0.05, 0.1) is 0 Å². The Bertz CT molecular complexity index is 1500. The number of ketones is 2. The predicted molar refractivity (Wildman–Crippen MR) is 160 cm³/mol. The summed E-state index contributed by atoms with van der Waals surface area (Å²) in [5.74, 6) is -0.0201. The average molecular weight is 569 g/mol. The lowest BCUT2D eigenvalue weighted by Crippen LogP contribution is -2.08. The number of carbonyl (C=O) groups excluding carboxylic acids is 4. The number of hydrogen-bond donors (Lipinski definition) is 1. The second-order valence-electron chi connectivity index (χ2n) is 8.69. The number of carbonyl (C=O) groups is 4. The Kier molecular flexibility index (Phi) is 12.6. The molecule has 0 atom stereocenters. The molecule has 4 aromatic rings. The van der Waals surface area contributed by atoms with Crippen molar-refractivity contribution in [2.75, 3.05) is 0 Å². The van der Waals surface area contributed by atoms with Crippen LogP contribution in [0.5, 0.6) is 11.5 Å². The highest BCUT2D eigenvalue weighted by Crippen LogP contribution is 2.17. The molecule has 0 saturated carbocycles. The minimum absolute atomic E-state index is 0.0319. The molecule has 0 radical (unpaired) electrons. The van der Waals surface area contributed by atoms with Crippen LogP contribution in [0.25, 0.3) is 0 Å². The number of allylic oxidation sites excluding steroid dienone is 1. The molecule has 0 amide bonds. The highest BCUT2D eigenvalue weighted by molar-refractivity contribution is 6.67. The fourth-order valence-corrected chi connectivity index (χ4v) is 2.99. The van der Waals surface area contributed by atoms with Gasteiger partial charge in [-0.1, -0.05) is 73.8 Å². The number of halogens is 1. The smallest absolute Gasteiger partial charge is 0.338 e. The minimum Gasteiger partial charge on any atom is -0.508 e. The van der Waals surface area contributed by atoms with Gasteiger partial charge in [0.2, 0.25) is 5.24 Å². The summed E-state index contributed by atoms with van der Waals surface area (Å²) < 4.78 is 5.07. The van der Waals surface area contributed by atoms with Crippen molar-refractivity contribution in [3.05, 3.63) is 156 Å². The van der Waals surface area contributed by atoms with E-state index in [4.69, 9.17) is 21.4 Å². The summed E-state index contributed by atoms with van der Waals surface area (Å²) in [5, 5.41) is 8.63. The van der Waals surface area contributed by atoms with Crippen molar-refractivity contribution in [1.29, 1.82) is 0 Å². The number of phenols is 1. The van der Waals surface area contributed by atoms with E-state index in [0.717, 1.165) is 0 Å². The third kappa shape index (κ3) is 10.9. The van der Waals surface area contributed by atoms with Gasteiger partial charge in [-0.3, -0.25) is 14.4 Å². The lowest BCUT2D eigenvalue weighted by molar-refractivity contribution is -0.130. The first-order valence-electron chi connectivity index (χ1n) is 12.3. The summed E-state index contributed by atoms with van der Waals surface area (Å²) in [7, 11) is 0. The molecule has 0 aromatic heterocycles. The normalized spacial score (nSPS) is 9.54. The van der Waals surface area contributed by atoms with Crippen molar-refractivity contribution in [2.24, 2.45) is 0 Å². The molecule has 0 aliphatic rings. The first-order chi connectivity index (χ1) is 19.5. The van der Waals surface area contributed by atoms with Crippen LogP contribution >= 0.6 is 11.6 Å². The van der Waals surface area contributed by atoms with E-state index >= 15 is 0 Å². The Morgan fingerprint density at radius 3 is 1.27 bits per heavy atom. The third-order valence-corrected chi connectivity index (χ3v) is 5.54. The Morgan fingerprint density at radius 1 is 0.585 bits per heavy atom. The van der Waals surface area contributed by atoms with Gasteiger partial charge in [0.25, 0.3) is 0 Å². The molecule has 7 heteroatoms. The van der Waals surface area contributed by atoms with Crippen molar-refractivity contribution in [3.63, 3.8) is 0 Å². The fraction of sp³-hybridized carbons (Fsp3) is 0.0588. The second kappa shape index (κ2) is 16.1. The molecule has 0 saturated heterocycles. The van der Waals surface area contributed by atoms with E-state index in [1.807, 2.05) is 36.4 Å². The molecule has 4 rings (SSSR count). The van der Waals surface area contributed by atoms with E-state index in [2.05, 4.69) is 13.2 Å². The zero-order chi connectivity index (χ0) is 30.4. The number of esters is 1. The largest absolute Gasteiger partial charge is 0.508 e.